The van der Waals surface area contributed by atoms with Crippen molar-refractivity contribution in [3.05, 3.63) is 0 Å². The number of hydrogen-bond donors (Lipinski definition) is 3. The van der Waals surface area contributed by atoms with Crippen LogP contribution >= 0.6 is 0 Å². The maximum Gasteiger partial charge on any atom is 0.307 e. The van der Waals surface area contributed by atoms with Crippen molar-refractivity contribution < 1.29 is 19.5 Å². The molecule has 1 rings (SSSR count). The van der Waals surface area contributed by atoms with Gasteiger partial charge in [0, 0.05) is 7.05 Å². The molecule has 0 heterocycles. The van der Waals surface area contributed by atoms with Gasteiger partial charge in [0.25, 0.3) is 0 Å². The summed E-state index contributed by atoms with van der Waals surface area (Å²) >= 11 is 0. The molecule has 0 aromatic rings. The zero-order valence-electron chi connectivity index (χ0n) is 8.61. The average molecular weight is 214 g/mol. The Labute approximate surface area is 87.0 Å². The highest BCUT2D eigenvalue weighted by Crippen LogP contribution is 2.38. The Morgan fingerprint density at radius 3 is 2.33 bits per heavy atom. The predicted octanol–water partition coefficient (Wildman–Crippen LogP) is -1.04. The van der Waals surface area contributed by atoms with Crippen molar-refractivity contribution in [3.63, 3.8) is 0 Å². The lowest BCUT2D eigenvalue weighted by Gasteiger charge is -2.11. The molecular weight excluding hydrogens is 200 g/mol. The first kappa shape index (κ1) is 11.5. The Morgan fingerprint density at radius 1 is 1.33 bits per heavy atom. The highest BCUT2D eigenvalue weighted by molar-refractivity contribution is 5.92. The number of likely N-dealkylation sites (N-methyl/N-ethyl adjacent to an activating group) is 1. The summed E-state index contributed by atoms with van der Waals surface area (Å²) in [7, 11) is 1.47. The second-order valence-electron chi connectivity index (χ2n) is 3.63. The van der Waals surface area contributed by atoms with Gasteiger partial charge in [0.05, 0.1) is 11.8 Å². The molecule has 0 bridgehead atoms. The van der Waals surface area contributed by atoms with E-state index < -0.39 is 23.8 Å². The van der Waals surface area contributed by atoms with Crippen LogP contribution in [0.15, 0.2) is 0 Å². The third-order valence-electron chi connectivity index (χ3n) is 2.44. The first-order valence-corrected chi connectivity index (χ1v) is 4.72. The lowest BCUT2D eigenvalue weighted by Crippen LogP contribution is -2.44. The Morgan fingerprint density at radius 2 is 1.93 bits per heavy atom. The quantitative estimate of drug-likeness (QED) is 0.557. The highest BCUT2D eigenvalue weighted by atomic mass is 16.4. The van der Waals surface area contributed by atoms with Gasteiger partial charge in [-0.2, -0.15) is 0 Å². The minimum Gasteiger partial charge on any atom is -0.481 e. The molecule has 3 atom stereocenters. The lowest BCUT2D eigenvalue weighted by atomic mass is 10.2. The molecule has 0 aromatic heterocycles. The Kier molecular flexibility index (Phi) is 3.28. The van der Waals surface area contributed by atoms with Gasteiger partial charge in [-0.25, -0.2) is 0 Å². The highest BCUT2D eigenvalue weighted by Gasteiger charge is 2.48. The van der Waals surface area contributed by atoms with Crippen LogP contribution in [0.2, 0.25) is 0 Å². The summed E-state index contributed by atoms with van der Waals surface area (Å²) < 4.78 is 0. The molecule has 15 heavy (non-hydrogen) atoms. The zero-order valence-corrected chi connectivity index (χ0v) is 8.61. The van der Waals surface area contributed by atoms with Crippen LogP contribution in [0.5, 0.6) is 0 Å². The molecule has 0 saturated heterocycles. The van der Waals surface area contributed by atoms with Crippen molar-refractivity contribution in [1.29, 1.82) is 0 Å². The summed E-state index contributed by atoms with van der Waals surface area (Å²) in [4.78, 5) is 33.0. The molecule has 0 radical (unpaired) electrons. The van der Waals surface area contributed by atoms with E-state index in [1.807, 2.05) is 0 Å². The van der Waals surface area contributed by atoms with Crippen molar-refractivity contribution in [2.24, 2.45) is 11.8 Å². The van der Waals surface area contributed by atoms with E-state index in [2.05, 4.69) is 10.6 Å². The summed E-state index contributed by atoms with van der Waals surface area (Å²) in [5.74, 6) is -2.67. The number of carbonyl (C=O) groups excluding carboxylic acids is 2. The molecule has 0 aliphatic heterocycles. The fraction of sp³-hybridized carbons (Fsp3) is 0.667. The standard InChI is InChI=1S/C9H14N2O4/c1-4(7(12)10-2)11-8(13)5-3-6(5)9(14)15/h4-6H,3H2,1-2H3,(H,10,12)(H,11,13)(H,14,15). The lowest BCUT2D eigenvalue weighted by molar-refractivity contribution is -0.140. The third kappa shape index (κ3) is 2.68. The molecule has 6 heteroatoms. The number of rotatable bonds is 4. The van der Waals surface area contributed by atoms with Crippen LogP contribution in [0.25, 0.3) is 0 Å². The Hall–Kier alpha value is -1.59. The van der Waals surface area contributed by atoms with Gasteiger partial charge in [0.2, 0.25) is 11.8 Å². The molecule has 1 saturated carbocycles. The van der Waals surface area contributed by atoms with Gasteiger partial charge in [0.15, 0.2) is 0 Å². The van der Waals surface area contributed by atoms with E-state index in [0.29, 0.717) is 6.42 Å². The maximum atomic E-state index is 11.4. The van der Waals surface area contributed by atoms with E-state index in [1.54, 1.807) is 6.92 Å². The number of aliphatic carboxylic acids is 1. The second-order valence-corrected chi connectivity index (χ2v) is 3.63. The van der Waals surface area contributed by atoms with Gasteiger partial charge >= 0.3 is 5.97 Å². The number of nitrogens with one attached hydrogen (secondary N) is 2. The van der Waals surface area contributed by atoms with E-state index >= 15 is 0 Å². The van der Waals surface area contributed by atoms with Crippen LogP contribution in [-0.4, -0.2) is 36.0 Å². The normalized spacial score (nSPS) is 25.2. The first-order valence-electron chi connectivity index (χ1n) is 4.72. The Balaban J connectivity index is 2.38. The van der Waals surface area contributed by atoms with Crippen LogP contribution in [0.4, 0.5) is 0 Å². The molecule has 1 fully saturated rings. The van der Waals surface area contributed by atoms with Crippen molar-refractivity contribution in [2.45, 2.75) is 19.4 Å². The van der Waals surface area contributed by atoms with Crippen LogP contribution < -0.4 is 10.6 Å². The summed E-state index contributed by atoms with van der Waals surface area (Å²) in [6, 6.07) is -0.627. The van der Waals surface area contributed by atoms with Crippen molar-refractivity contribution in [1.82, 2.24) is 10.6 Å². The van der Waals surface area contributed by atoms with Crippen molar-refractivity contribution in [2.75, 3.05) is 7.05 Å². The fourth-order valence-corrected chi connectivity index (χ4v) is 1.36. The monoisotopic (exact) mass is 214 g/mol. The molecule has 3 N–H and O–H groups in total. The molecule has 0 aromatic carbocycles. The SMILES string of the molecule is CNC(=O)C(C)NC(=O)C1CC1C(=O)O. The second kappa shape index (κ2) is 4.29. The largest absolute Gasteiger partial charge is 0.481 e. The molecule has 3 unspecified atom stereocenters. The van der Waals surface area contributed by atoms with Gasteiger partial charge in [-0.3, -0.25) is 14.4 Å². The van der Waals surface area contributed by atoms with Crippen molar-refractivity contribution in [3.8, 4) is 0 Å². The van der Waals surface area contributed by atoms with E-state index in [4.69, 9.17) is 5.11 Å². The van der Waals surface area contributed by atoms with E-state index in [1.165, 1.54) is 7.05 Å². The number of carboxylic acids is 1. The number of hydrogen-bond acceptors (Lipinski definition) is 3. The van der Waals surface area contributed by atoms with Gasteiger partial charge in [-0.05, 0) is 13.3 Å². The molecule has 1 aliphatic rings. The topological polar surface area (TPSA) is 95.5 Å². The smallest absolute Gasteiger partial charge is 0.307 e. The summed E-state index contributed by atoms with van der Waals surface area (Å²) in [6.07, 6.45) is 0.363. The van der Waals surface area contributed by atoms with Gasteiger partial charge < -0.3 is 15.7 Å². The summed E-state index contributed by atoms with van der Waals surface area (Å²) in [5.41, 5.74) is 0. The average Bonchev–Trinajstić information content (AvgIpc) is 2.95. The number of amides is 2. The molecule has 1 aliphatic carbocycles. The van der Waals surface area contributed by atoms with Gasteiger partial charge in [-0.1, -0.05) is 0 Å². The minimum absolute atomic E-state index is 0.295. The number of carboxylic acid groups (broad SMARTS) is 1. The van der Waals surface area contributed by atoms with E-state index in [0.717, 1.165) is 0 Å². The van der Waals surface area contributed by atoms with E-state index in [9.17, 15) is 14.4 Å². The molecule has 6 nitrogen and oxygen atoms in total. The molecule has 84 valence electrons. The van der Waals surface area contributed by atoms with E-state index in [-0.39, 0.29) is 11.8 Å². The number of carbonyl (C=O) groups is 3. The van der Waals surface area contributed by atoms with Crippen molar-refractivity contribution >= 4 is 17.8 Å². The maximum absolute atomic E-state index is 11.4. The predicted molar refractivity (Wildman–Crippen MR) is 50.9 cm³/mol. The molecular formula is C9H14N2O4. The zero-order chi connectivity index (χ0) is 11.6. The summed E-state index contributed by atoms with van der Waals surface area (Å²) in [5, 5.41) is 13.5. The van der Waals surface area contributed by atoms with Crippen LogP contribution in [0.1, 0.15) is 13.3 Å². The third-order valence-corrected chi connectivity index (χ3v) is 2.44. The van der Waals surface area contributed by atoms with Crippen LogP contribution in [0, 0.1) is 11.8 Å². The molecule has 2 amide bonds. The van der Waals surface area contributed by atoms with Crippen LogP contribution in [-0.2, 0) is 14.4 Å². The summed E-state index contributed by atoms with van der Waals surface area (Å²) in [6.45, 7) is 1.55. The van der Waals surface area contributed by atoms with Crippen LogP contribution in [0.3, 0.4) is 0 Å². The van der Waals surface area contributed by atoms with Gasteiger partial charge in [-0.15, -0.1) is 0 Å². The minimum atomic E-state index is -0.956. The fourth-order valence-electron chi connectivity index (χ4n) is 1.36. The van der Waals surface area contributed by atoms with Gasteiger partial charge in [0.1, 0.15) is 6.04 Å². The first-order chi connectivity index (χ1) is 6.97. The Bertz CT molecular complexity index is 302. The molecule has 0 spiro atoms.